The first-order valence-electron chi connectivity index (χ1n) is 7.00. The molecule has 0 aliphatic rings. The zero-order chi connectivity index (χ0) is 16.0. The fraction of sp³-hybridized carbons (Fsp3) is 0.643. The van der Waals surface area contributed by atoms with Crippen LogP contribution in [0.4, 0.5) is 11.6 Å². The fourth-order valence-corrected chi connectivity index (χ4v) is 1.71. The Labute approximate surface area is 125 Å². The lowest BCUT2D eigenvalue weighted by molar-refractivity contribution is -0.122. The highest BCUT2D eigenvalue weighted by Gasteiger charge is 2.21. The summed E-state index contributed by atoms with van der Waals surface area (Å²) in [6, 6.07) is -0.442. The molecule has 0 saturated carbocycles. The summed E-state index contributed by atoms with van der Waals surface area (Å²) < 4.78 is 5.33. The lowest BCUT2D eigenvalue weighted by Gasteiger charge is -2.24. The molecule has 1 unspecified atom stereocenters. The highest BCUT2D eigenvalue weighted by Crippen LogP contribution is 2.29. The number of aromatic nitrogens is 2. The SMILES string of the molecule is CCNc1ncnc(NC(C)C(=O)NC(C)(C)C)c1OC. The maximum atomic E-state index is 12.1. The third kappa shape index (κ3) is 5.09. The summed E-state index contributed by atoms with van der Waals surface area (Å²) in [6.45, 7) is 10.3. The summed E-state index contributed by atoms with van der Waals surface area (Å²) in [5, 5.41) is 9.06. The molecule has 0 saturated heterocycles. The second-order valence-electron chi connectivity index (χ2n) is 5.74. The second-order valence-corrected chi connectivity index (χ2v) is 5.74. The maximum absolute atomic E-state index is 12.1. The number of hydrogen-bond donors (Lipinski definition) is 3. The molecule has 0 radical (unpaired) electrons. The van der Waals surface area contributed by atoms with Gasteiger partial charge in [0.1, 0.15) is 12.4 Å². The number of hydrogen-bond acceptors (Lipinski definition) is 6. The van der Waals surface area contributed by atoms with E-state index in [1.165, 1.54) is 6.33 Å². The summed E-state index contributed by atoms with van der Waals surface area (Å²) in [7, 11) is 1.55. The summed E-state index contributed by atoms with van der Waals surface area (Å²) in [5.41, 5.74) is -0.280. The van der Waals surface area contributed by atoms with Gasteiger partial charge >= 0.3 is 0 Å². The van der Waals surface area contributed by atoms with Gasteiger partial charge in [0.25, 0.3) is 0 Å². The van der Waals surface area contributed by atoms with Crippen LogP contribution in [0.15, 0.2) is 6.33 Å². The van der Waals surface area contributed by atoms with E-state index in [0.717, 1.165) is 0 Å². The number of anilines is 2. The van der Waals surface area contributed by atoms with Gasteiger partial charge in [0.15, 0.2) is 11.6 Å². The molecule has 118 valence electrons. The standard InChI is InChI=1S/C14H25N5O2/c1-7-15-11-10(21-6)12(17-8-16-11)18-9(2)13(20)19-14(3,4)5/h8-9H,7H2,1-6H3,(H,19,20)(H2,15,16,17,18). The monoisotopic (exact) mass is 295 g/mol. The van der Waals surface area contributed by atoms with Gasteiger partial charge in [-0.25, -0.2) is 9.97 Å². The van der Waals surface area contributed by atoms with Crippen LogP contribution in [0.5, 0.6) is 5.75 Å². The van der Waals surface area contributed by atoms with E-state index in [0.29, 0.717) is 23.9 Å². The van der Waals surface area contributed by atoms with Crippen LogP contribution in [0.1, 0.15) is 34.6 Å². The number of carbonyl (C=O) groups is 1. The number of nitrogens with one attached hydrogen (secondary N) is 3. The van der Waals surface area contributed by atoms with E-state index in [-0.39, 0.29) is 11.4 Å². The molecule has 7 heteroatoms. The van der Waals surface area contributed by atoms with Crippen molar-refractivity contribution in [3.05, 3.63) is 6.33 Å². The van der Waals surface area contributed by atoms with Gasteiger partial charge in [0.2, 0.25) is 11.7 Å². The predicted octanol–water partition coefficient (Wildman–Crippen LogP) is 1.63. The first-order chi connectivity index (χ1) is 9.78. The second kappa shape index (κ2) is 7.10. The molecule has 1 amide bonds. The Bertz CT molecular complexity index is 485. The molecule has 1 atom stereocenters. The minimum Gasteiger partial charge on any atom is -0.490 e. The largest absolute Gasteiger partial charge is 0.490 e. The zero-order valence-corrected chi connectivity index (χ0v) is 13.6. The van der Waals surface area contributed by atoms with Crippen LogP contribution in [-0.2, 0) is 4.79 Å². The van der Waals surface area contributed by atoms with E-state index in [2.05, 4.69) is 25.9 Å². The highest BCUT2D eigenvalue weighted by atomic mass is 16.5. The molecule has 1 aromatic heterocycles. The Morgan fingerprint density at radius 2 is 1.95 bits per heavy atom. The lowest BCUT2D eigenvalue weighted by Crippen LogP contribution is -2.47. The van der Waals surface area contributed by atoms with Crippen molar-refractivity contribution in [1.82, 2.24) is 15.3 Å². The number of ether oxygens (including phenoxy) is 1. The van der Waals surface area contributed by atoms with Crippen molar-refractivity contribution in [1.29, 1.82) is 0 Å². The molecule has 1 heterocycles. The van der Waals surface area contributed by atoms with Crippen molar-refractivity contribution in [2.45, 2.75) is 46.2 Å². The molecule has 1 rings (SSSR count). The molecule has 0 aliphatic carbocycles. The first-order valence-corrected chi connectivity index (χ1v) is 7.00. The Hall–Kier alpha value is -2.05. The Morgan fingerprint density at radius 1 is 1.33 bits per heavy atom. The van der Waals surface area contributed by atoms with Gasteiger partial charge in [-0.15, -0.1) is 0 Å². The zero-order valence-electron chi connectivity index (χ0n) is 13.6. The highest BCUT2D eigenvalue weighted by molar-refractivity contribution is 5.85. The summed E-state index contributed by atoms with van der Waals surface area (Å²) in [6.07, 6.45) is 1.43. The molecular formula is C14H25N5O2. The lowest BCUT2D eigenvalue weighted by atomic mass is 10.1. The van der Waals surface area contributed by atoms with Crippen molar-refractivity contribution < 1.29 is 9.53 Å². The number of amides is 1. The third-order valence-corrected chi connectivity index (χ3v) is 2.60. The Kier molecular flexibility index (Phi) is 5.75. The van der Waals surface area contributed by atoms with Crippen molar-refractivity contribution in [2.24, 2.45) is 0 Å². The average Bonchev–Trinajstić information content (AvgIpc) is 2.37. The number of carbonyl (C=O) groups excluding carboxylic acids is 1. The van der Waals surface area contributed by atoms with Crippen molar-refractivity contribution >= 4 is 17.5 Å². The molecule has 21 heavy (non-hydrogen) atoms. The molecule has 0 aromatic carbocycles. The van der Waals surface area contributed by atoms with Crippen LogP contribution in [0.2, 0.25) is 0 Å². The minimum absolute atomic E-state index is 0.104. The van der Waals surface area contributed by atoms with Crippen LogP contribution >= 0.6 is 0 Å². The Morgan fingerprint density at radius 3 is 2.48 bits per heavy atom. The quantitative estimate of drug-likeness (QED) is 0.739. The number of nitrogens with zero attached hydrogens (tertiary/aromatic N) is 2. The van der Waals surface area contributed by atoms with Gasteiger partial charge in [-0.2, -0.15) is 0 Å². The van der Waals surface area contributed by atoms with Crippen molar-refractivity contribution in [2.75, 3.05) is 24.3 Å². The molecule has 0 spiro atoms. The van der Waals surface area contributed by atoms with E-state index in [1.54, 1.807) is 14.0 Å². The molecule has 7 nitrogen and oxygen atoms in total. The van der Waals surface area contributed by atoms with Gasteiger partial charge in [0.05, 0.1) is 7.11 Å². The smallest absolute Gasteiger partial charge is 0.242 e. The summed E-state index contributed by atoms with van der Waals surface area (Å²) >= 11 is 0. The normalized spacial score (nSPS) is 12.5. The first kappa shape index (κ1) is 17.0. The van der Waals surface area contributed by atoms with Crippen LogP contribution in [-0.4, -0.2) is 41.1 Å². The van der Waals surface area contributed by atoms with E-state index < -0.39 is 6.04 Å². The van der Waals surface area contributed by atoms with Crippen LogP contribution in [0.3, 0.4) is 0 Å². The topological polar surface area (TPSA) is 88.2 Å². The average molecular weight is 295 g/mol. The van der Waals surface area contributed by atoms with E-state index in [9.17, 15) is 4.79 Å². The van der Waals surface area contributed by atoms with Gasteiger partial charge in [-0.1, -0.05) is 0 Å². The van der Waals surface area contributed by atoms with E-state index >= 15 is 0 Å². The summed E-state index contributed by atoms with van der Waals surface area (Å²) in [5.74, 6) is 1.48. The van der Waals surface area contributed by atoms with Gasteiger partial charge in [-0.05, 0) is 34.6 Å². The number of methoxy groups -OCH3 is 1. The van der Waals surface area contributed by atoms with Crippen LogP contribution in [0, 0.1) is 0 Å². The molecule has 1 aromatic rings. The van der Waals surface area contributed by atoms with Crippen molar-refractivity contribution in [3.63, 3.8) is 0 Å². The molecule has 0 fully saturated rings. The van der Waals surface area contributed by atoms with Crippen LogP contribution in [0.25, 0.3) is 0 Å². The van der Waals surface area contributed by atoms with Crippen molar-refractivity contribution in [3.8, 4) is 5.75 Å². The minimum atomic E-state index is -0.442. The maximum Gasteiger partial charge on any atom is 0.242 e. The third-order valence-electron chi connectivity index (χ3n) is 2.60. The van der Waals surface area contributed by atoms with E-state index in [4.69, 9.17) is 4.74 Å². The number of rotatable bonds is 6. The van der Waals surface area contributed by atoms with E-state index in [1.807, 2.05) is 27.7 Å². The molecule has 3 N–H and O–H groups in total. The van der Waals surface area contributed by atoms with Crippen LogP contribution < -0.4 is 20.7 Å². The van der Waals surface area contributed by atoms with Gasteiger partial charge in [0, 0.05) is 12.1 Å². The predicted molar refractivity (Wildman–Crippen MR) is 83.7 cm³/mol. The van der Waals surface area contributed by atoms with Gasteiger partial charge < -0.3 is 20.7 Å². The molecule has 0 bridgehead atoms. The Balaban J connectivity index is 2.87. The van der Waals surface area contributed by atoms with Gasteiger partial charge in [-0.3, -0.25) is 4.79 Å². The molecular weight excluding hydrogens is 270 g/mol. The fourth-order valence-electron chi connectivity index (χ4n) is 1.71. The summed E-state index contributed by atoms with van der Waals surface area (Å²) in [4.78, 5) is 20.4. The molecule has 0 aliphatic heterocycles.